The van der Waals surface area contributed by atoms with Crippen molar-refractivity contribution in [2.75, 3.05) is 38.5 Å². The topological polar surface area (TPSA) is 91.1 Å². The van der Waals surface area contributed by atoms with Crippen LogP contribution in [0.3, 0.4) is 0 Å². The van der Waals surface area contributed by atoms with Crippen LogP contribution >= 0.6 is 0 Å². The number of nitrogen functional groups attached to an aromatic ring is 1. The number of fused-ring (bicyclic) bond motifs is 1. The lowest BCUT2D eigenvalue weighted by molar-refractivity contribution is -0.130. The molecule has 2 aromatic rings. The van der Waals surface area contributed by atoms with Gasteiger partial charge in [-0.3, -0.25) is 9.89 Å². The number of aromatic amines is 1. The molecule has 2 aromatic heterocycles. The zero-order valence-electron chi connectivity index (χ0n) is 15.4. The summed E-state index contributed by atoms with van der Waals surface area (Å²) in [6.45, 7) is 7.05. The molecule has 4 rings (SSSR count). The Morgan fingerprint density at radius 1 is 1.27 bits per heavy atom. The van der Waals surface area contributed by atoms with Crippen molar-refractivity contribution in [1.82, 2.24) is 25.0 Å². The number of rotatable bonds is 4. The monoisotopic (exact) mass is 356 g/mol. The minimum atomic E-state index is 0.274. The smallest absolute Gasteiger partial charge is 0.223 e. The summed E-state index contributed by atoms with van der Waals surface area (Å²) < 4.78 is 0. The van der Waals surface area contributed by atoms with Crippen molar-refractivity contribution in [3.63, 3.8) is 0 Å². The summed E-state index contributed by atoms with van der Waals surface area (Å²) in [5.74, 6) is 1.94. The molecule has 0 spiro atoms. The molecule has 0 aromatic carbocycles. The molecule has 7 heteroatoms. The van der Waals surface area contributed by atoms with Gasteiger partial charge in [0.1, 0.15) is 5.82 Å². The Hall–Kier alpha value is -2.15. The van der Waals surface area contributed by atoms with Gasteiger partial charge in [-0.2, -0.15) is 5.10 Å². The van der Waals surface area contributed by atoms with Gasteiger partial charge in [0.25, 0.3) is 0 Å². The zero-order chi connectivity index (χ0) is 18.1. The maximum absolute atomic E-state index is 12.6. The minimum Gasteiger partial charge on any atom is -0.384 e. The predicted molar refractivity (Wildman–Crippen MR) is 102 cm³/mol. The van der Waals surface area contributed by atoms with Gasteiger partial charge in [-0.1, -0.05) is 6.92 Å². The SMILES string of the molecule is CC1CCN(CCC(=O)N2CCC(c3ccc4c(N)[nH]nc4n3)C2)CC1. The van der Waals surface area contributed by atoms with E-state index in [1.54, 1.807) is 0 Å². The molecule has 1 amide bonds. The molecule has 7 nitrogen and oxygen atoms in total. The van der Waals surface area contributed by atoms with E-state index in [0.717, 1.165) is 56.1 Å². The second-order valence-corrected chi connectivity index (χ2v) is 7.84. The Morgan fingerprint density at radius 2 is 2.08 bits per heavy atom. The fraction of sp³-hybridized carbons (Fsp3) is 0.632. The normalized spacial score (nSPS) is 22.3. The summed E-state index contributed by atoms with van der Waals surface area (Å²) >= 11 is 0. The number of H-pyrrole nitrogens is 1. The van der Waals surface area contributed by atoms with Crippen molar-refractivity contribution in [2.45, 2.75) is 38.5 Å². The lowest BCUT2D eigenvalue weighted by atomic mass is 9.99. The Bertz CT molecular complexity index is 779. The number of nitrogens with two attached hydrogens (primary N) is 1. The number of nitrogens with one attached hydrogen (secondary N) is 1. The first-order valence-corrected chi connectivity index (χ1v) is 9.71. The molecule has 2 saturated heterocycles. The van der Waals surface area contributed by atoms with Crippen LogP contribution < -0.4 is 5.73 Å². The van der Waals surface area contributed by atoms with Crippen LogP contribution in [0.2, 0.25) is 0 Å². The van der Waals surface area contributed by atoms with E-state index < -0.39 is 0 Å². The van der Waals surface area contributed by atoms with Crippen LogP contribution in [-0.4, -0.2) is 63.6 Å². The van der Waals surface area contributed by atoms with Crippen LogP contribution in [0, 0.1) is 5.92 Å². The average Bonchev–Trinajstić information content (AvgIpc) is 3.28. The van der Waals surface area contributed by atoms with Crippen molar-refractivity contribution < 1.29 is 4.79 Å². The molecule has 2 fully saturated rings. The molecular weight excluding hydrogens is 328 g/mol. The van der Waals surface area contributed by atoms with Crippen LogP contribution in [0.25, 0.3) is 11.0 Å². The molecular formula is C19H28N6O. The maximum Gasteiger partial charge on any atom is 0.223 e. The van der Waals surface area contributed by atoms with Crippen molar-refractivity contribution in [1.29, 1.82) is 0 Å². The number of amides is 1. The quantitative estimate of drug-likeness (QED) is 0.874. The summed E-state index contributed by atoms with van der Waals surface area (Å²) in [6.07, 6.45) is 4.10. The molecule has 0 aliphatic carbocycles. The van der Waals surface area contributed by atoms with E-state index in [4.69, 9.17) is 5.73 Å². The van der Waals surface area contributed by atoms with E-state index in [9.17, 15) is 4.79 Å². The van der Waals surface area contributed by atoms with Gasteiger partial charge < -0.3 is 15.5 Å². The zero-order valence-corrected chi connectivity index (χ0v) is 15.4. The van der Waals surface area contributed by atoms with Gasteiger partial charge in [0.15, 0.2) is 5.65 Å². The minimum absolute atomic E-state index is 0.274. The van der Waals surface area contributed by atoms with E-state index in [2.05, 4.69) is 27.0 Å². The average molecular weight is 356 g/mol. The summed E-state index contributed by atoms with van der Waals surface area (Å²) in [7, 11) is 0. The highest BCUT2D eigenvalue weighted by molar-refractivity contribution is 5.85. The number of hydrogen-bond acceptors (Lipinski definition) is 5. The van der Waals surface area contributed by atoms with Gasteiger partial charge in [-0.15, -0.1) is 0 Å². The number of carbonyl (C=O) groups is 1. The first kappa shape index (κ1) is 17.3. The highest BCUT2D eigenvalue weighted by atomic mass is 16.2. The van der Waals surface area contributed by atoms with Crippen molar-refractivity contribution in [2.24, 2.45) is 5.92 Å². The van der Waals surface area contributed by atoms with Gasteiger partial charge in [0, 0.05) is 37.7 Å². The van der Waals surface area contributed by atoms with E-state index >= 15 is 0 Å². The molecule has 140 valence electrons. The van der Waals surface area contributed by atoms with Gasteiger partial charge in [0.05, 0.1) is 5.39 Å². The third-order valence-corrected chi connectivity index (χ3v) is 5.95. The fourth-order valence-corrected chi connectivity index (χ4v) is 4.09. The first-order chi connectivity index (χ1) is 12.6. The highest BCUT2D eigenvalue weighted by Gasteiger charge is 2.28. The molecule has 4 heterocycles. The van der Waals surface area contributed by atoms with Gasteiger partial charge in [0.2, 0.25) is 5.91 Å². The second-order valence-electron chi connectivity index (χ2n) is 7.84. The Morgan fingerprint density at radius 3 is 2.88 bits per heavy atom. The molecule has 3 N–H and O–H groups in total. The summed E-state index contributed by atoms with van der Waals surface area (Å²) in [5.41, 5.74) is 7.49. The van der Waals surface area contributed by atoms with E-state index in [0.29, 0.717) is 17.9 Å². The van der Waals surface area contributed by atoms with E-state index in [-0.39, 0.29) is 11.8 Å². The lowest BCUT2D eigenvalue weighted by Gasteiger charge is -2.30. The van der Waals surface area contributed by atoms with Gasteiger partial charge in [-0.25, -0.2) is 4.98 Å². The van der Waals surface area contributed by atoms with Crippen LogP contribution in [0.15, 0.2) is 12.1 Å². The molecule has 2 aliphatic rings. The highest BCUT2D eigenvalue weighted by Crippen LogP contribution is 2.28. The molecule has 2 aliphatic heterocycles. The van der Waals surface area contributed by atoms with E-state index in [1.807, 2.05) is 17.0 Å². The van der Waals surface area contributed by atoms with Crippen molar-refractivity contribution >= 4 is 22.8 Å². The third kappa shape index (κ3) is 3.53. The molecule has 0 radical (unpaired) electrons. The molecule has 1 unspecified atom stereocenters. The molecule has 26 heavy (non-hydrogen) atoms. The standard InChI is InChI=1S/C19H28N6O/c1-13-4-8-24(9-5-13)10-7-17(26)25-11-6-14(12-25)16-3-2-15-18(20)22-23-19(15)21-16/h2-3,13-14H,4-12H2,1H3,(H3,20,21,22,23). The van der Waals surface area contributed by atoms with E-state index in [1.165, 1.54) is 12.8 Å². The Kier molecular flexibility index (Phi) is 4.80. The fourth-order valence-electron chi connectivity index (χ4n) is 4.09. The van der Waals surface area contributed by atoms with Crippen molar-refractivity contribution in [3.8, 4) is 0 Å². The number of anilines is 1. The van der Waals surface area contributed by atoms with Crippen molar-refractivity contribution in [3.05, 3.63) is 17.8 Å². The molecule has 0 saturated carbocycles. The third-order valence-electron chi connectivity index (χ3n) is 5.95. The number of hydrogen-bond donors (Lipinski definition) is 2. The summed E-state index contributed by atoms with van der Waals surface area (Å²) in [6, 6.07) is 3.99. The Balaban J connectivity index is 1.31. The number of piperidine rings is 1. The number of nitrogens with zero attached hydrogens (tertiary/aromatic N) is 4. The number of likely N-dealkylation sites (tertiary alicyclic amines) is 2. The van der Waals surface area contributed by atoms with Gasteiger partial charge in [-0.05, 0) is 50.4 Å². The maximum atomic E-state index is 12.6. The van der Waals surface area contributed by atoms with Crippen LogP contribution in [0.5, 0.6) is 0 Å². The number of aromatic nitrogens is 3. The summed E-state index contributed by atoms with van der Waals surface area (Å²) in [5, 5.41) is 7.77. The predicted octanol–water partition coefficient (Wildman–Crippen LogP) is 1.98. The number of carbonyl (C=O) groups excluding carboxylic acids is 1. The van der Waals surface area contributed by atoms with Crippen LogP contribution in [-0.2, 0) is 4.79 Å². The first-order valence-electron chi connectivity index (χ1n) is 9.71. The number of pyridine rings is 1. The largest absolute Gasteiger partial charge is 0.384 e. The van der Waals surface area contributed by atoms with Crippen LogP contribution in [0.4, 0.5) is 5.82 Å². The lowest BCUT2D eigenvalue weighted by Crippen LogP contribution is -2.37. The molecule has 1 atom stereocenters. The van der Waals surface area contributed by atoms with Gasteiger partial charge >= 0.3 is 0 Å². The van der Waals surface area contributed by atoms with Crippen LogP contribution in [0.1, 0.15) is 44.2 Å². The molecule has 0 bridgehead atoms. The Labute approximate surface area is 153 Å². The second kappa shape index (κ2) is 7.23. The summed E-state index contributed by atoms with van der Waals surface area (Å²) in [4.78, 5) is 21.7.